The van der Waals surface area contributed by atoms with Gasteiger partial charge in [0.2, 0.25) is 0 Å². The Morgan fingerprint density at radius 2 is 2.09 bits per heavy atom. The van der Waals surface area contributed by atoms with Crippen molar-refractivity contribution in [3.05, 3.63) is 59.0 Å². The van der Waals surface area contributed by atoms with Crippen LogP contribution in [-0.4, -0.2) is 23.0 Å². The molecule has 0 saturated carbocycles. The van der Waals surface area contributed by atoms with E-state index < -0.39 is 23.8 Å². The fourth-order valence-electron chi connectivity index (χ4n) is 1.58. The largest absolute Gasteiger partial charge is 0.449 e. The van der Waals surface area contributed by atoms with Crippen LogP contribution >= 0.6 is 11.6 Å². The summed E-state index contributed by atoms with van der Waals surface area (Å²) >= 11 is 5.69. The highest BCUT2D eigenvalue weighted by Crippen LogP contribution is 2.11. The van der Waals surface area contributed by atoms with Crippen LogP contribution in [0.15, 0.2) is 42.6 Å². The highest BCUT2D eigenvalue weighted by Gasteiger charge is 2.19. The number of hydrogen-bond acceptors (Lipinski definition) is 4. The molecule has 0 bridgehead atoms. The fraction of sp³-hybridized carbons (Fsp3) is 0.133. The summed E-state index contributed by atoms with van der Waals surface area (Å²) in [6.07, 6.45) is 0.314. The van der Waals surface area contributed by atoms with E-state index >= 15 is 0 Å². The first-order valence-electron chi connectivity index (χ1n) is 6.34. The van der Waals surface area contributed by atoms with Crippen molar-refractivity contribution < 1.29 is 18.7 Å². The molecule has 1 amide bonds. The van der Waals surface area contributed by atoms with Crippen molar-refractivity contribution in [2.75, 3.05) is 5.32 Å². The van der Waals surface area contributed by atoms with Crippen LogP contribution in [0, 0.1) is 5.82 Å². The second-order valence-corrected chi connectivity index (χ2v) is 4.85. The van der Waals surface area contributed by atoms with Crippen LogP contribution in [0.3, 0.4) is 0 Å². The lowest BCUT2D eigenvalue weighted by Gasteiger charge is -2.13. The van der Waals surface area contributed by atoms with Gasteiger partial charge in [-0.1, -0.05) is 17.7 Å². The standard InChI is InChI=1S/C15H12ClFN2O3/c1-9(14(20)19-13-6-5-11(16)8-18-13)22-15(21)10-3-2-4-12(17)7-10/h2-9H,1H3,(H,18,19,20)/t9-/m0/s1. The van der Waals surface area contributed by atoms with Gasteiger partial charge in [0.1, 0.15) is 11.6 Å². The van der Waals surface area contributed by atoms with E-state index in [0.29, 0.717) is 5.02 Å². The third-order valence-corrected chi connectivity index (χ3v) is 2.92. The molecular weight excluding hydrogens is 311 g/mol. The summed E-state index contributed by atoms with van der Waals surface area (Å²) in [5.74, 6) is -1.62. The van der Waals surface area contributed by atoms with Gasteiger partial charge in [-0.05, 0) is 37.3 Å². The van der Waals surface area contributed by atoms with Gasteiger partial charge in [-0.3, -0.25) is 4.79 Å². The van der Waals surface area contributed by atoms with Crippen molar-refractivity contribution in [3.8, 4) is 0 Å². The van der Waals surface area contributed by atoms with E-state index in [-0.39, 0.29) is 11.4 Å². The number of benzene rings is 1. The van der Waals surface area contributed by atoms with Gasteiger partial charge in [-0.15, -0.1) is 0 Å². The van der Waals surface area contributed by atoms with Crippen LogP contribution in [0.1, 0.15) is 17.3 Å². The molecule has 5 nitrogen and oxygen atoms in total. The average Bonchev–Trinajstić information content (AvgIpc) is 2.49. The molecule has 0 aliphatic heterocycles. The van der Waals surface area contributed by atoms with Gasteiger partial charge in [0.15, 0.2) is 6.10 Å². The van der Waals surface area contributed by atoms with E-state index in [2.05, 4.69) is 10.3 Å². The number of amides is 1. The van der Waals surface area contributed by atoms with E-state index in [1.54, 1.807) is 6.07 Å². The van der Waals surface area contributed by atoms with Crippen LogP contribution in [0.2, 0.25) is 5.02 Å². The number of hydrogen-bond donors (Lipinski definition) is 1. The molecule has 1 N–H and O–H groups in total. The van der Waals surface area contributed by atoms with E-state index in [0.717, 1.165) is 6.07 Å². The van der Waals surface area contributed by atoms with Gasteiger partial charge >= 0.3 is 5.97 Å². The molecule has 0 fully saturated rings. The molecule has 0 saturated heterocycles. The number of ether oxygens (including phenoxy) is 1. The first-order chi connectivity index (χ1) is 10.5. The van der Waals surface area contributed by atoms with Gasteiger partial charge in [0, 0.05) is 6.20 Å². The number of anilines is 1. The van der Waals surface area contributed by atoms with Gasteiger partial charge in [0.25, 0.3) is 5.91 Å². The summed E-state index contributed by atoms with van der Waals surface area (Å²) in [5, 5.41) is 2.91. The quantitative estimate of drug-likeness (QED) is 0.878. The Morgan fingerprint density at radius 3 is 2.73 bits per heavy atom. The van der Waals surface area contributed by atoms with Crippen molar-refractivity contribution in [1.29, 1.82) is 0 Å². The molecule has 0 aliphatic rings. The first kappa shape index (κ1) is 15.9. The number of rotatable bonds is 4. The zero-order valence-electron chi connectivity index (χ0n) is 11.5. The molecule has 1 aromatic heterocycles. The minimum atomic E-state index is -1.06. The number of nitrogens with zero attached hydrogens (tertiary/aromatic N) is 1. The van der Waals surface area contributed by atoms with E-state index in [1.807, 2.05) is 0 Å². The van der Waals surface area contributed by atoms with Gasteiger partial charge in [-0.2, -0.15) is 0 Å². The molecule has 0 radical (unpaired) electrons. The lowest BCUT2D eigenvalue weighted by Crippen LogP contribution is -2.30. The number of carbonyl (C=O) groups excluding carboxylic acids is 2. The highest BCUT2D eigenvalue weighted by molar-refractivity contribution is 6.30. The van der Waals surface area contributed by atoms with E-state index in [4.69, 9.17) is 16.3 Å². The Hall–Kier alpha value is -2.47. The summed E-state index contributed by atoms with van der Waals surface area (Å²) in [7, 11) is 0. The van der Waals surface area contributed by atoms with Crippen LogP contribution in [0.25, 0.3) is 0 Å². The fourth-order valence-corrected chi connectivity index (χ4v) is 1.69. The summed E-state index contributed by atoms with van der Waals surface area (Å²) in [6.45, 7) is 1.41. The third kappa shape index (κ3) is 4.26. The van der Waals surface area contributed by atoms with Crippen molar-refractivity contribution in [1.82, 2.24) is 4.98 Å². The Balaban J connectivity index is 1.96. The topological polar surface area (TPSA) is 68.3 Å². The molecule has 0 aliphatic carbocycles. The Labute approximate surface area is 131 Å². The van der Waals surface area contributed by atoms with Crippen molar-refractivity contribution in [2.24, 2.45) is 0 Å². The molecule has 2 aromatic rings. The molecule has 7 heteroatoms. The third-order valence-electron chi connectivity index (χ3n) is 2.69. The molecule has 0 unspecified atom stereocenters. The van der Waals surface area contributed by atoms with E-state index in [9.17, 15) is 14.0 Å². The number of pyridine rings is 1. The van der Waals surface area contributed by atoms with Crippen LogP contribution in [-0.2, 0) is 9.53 Å². The molecule has 0 spiro atoms. The minimum absolute atomic E-state index is 0.0317. The average molecular weight is 323 g/mol. The predicted octanol–water partition coefficient (Wildman–Crippen LogP) is 3.06. The first-order valence-corrected chi connectivity index (χ1v) is 6.72. The van der Waals surface area contributed by atoms with Crippen LogP contribution in [0.4, 0.5) is 10.2 Å². The number of halogens is 2. The van der Waals surface area contributed by atoms with Crippen molar-refractivity contribution in [3.63, 3.8) is 0 Å². The lowest BCUT2D eigenvalue weighted by molar-refractivity contribution is -0.123. The maximum Gasteiger partial charge on any atom is 0.339 e. The maximum atomic E-state index is 13.0. The molecular formula is C15H12ClFN2O3. The normalized spacial score (nSPS) is 11.6. The second kappa shape index (κ2) is 7.00. The van der Waals surface area contributed by atoms with Gasteiger partial charge in [-0.25, -0.2) is 14.2 Å². The minimum Gasteiger partial charge on any atom is -0.449 e. The summed E-state index contributed by atoms with van der Waals surface area (Å²) < 4.78 is 18.0. The second-order valence-electron chi connectivity index (χ2n) is 4.41. The van der Waals surface area contributed by atoms with Crippen molar-refractivity contribution in [2.45, 2.75) is 13.0 Å². The Morgan fingerprint density at radius 1 is 1.32 bits per heavy atom. The summed E-state index contributed by atoms with van der Waals surface area (Å²) in [4.78, 5) is 27.6. The van der Waals surface area contributed by atoms with Crippen molar-refractivity contribution >= 4 is 29.3 Å². The maximum absolute atomic E-state index is 13.0. The molecule has 22 heavy (non-hydrogen) atoms. The number of carbonyl (C=O) groups is 2. The van der Waals surface area contributed by atoms with E-state index in [1.165, 1.54) is 37.4 Å². The van der Waals surface area contributed by atoms with Gasteiger partial charge < -0.3 is 10.1 Å². The molecule has 1 heterocycles. The Kier molecular flexibility index (Phi) is 5.06. The zero-order valence-corrected chi connectivity index (χ0v) is 12.3. The molecule has 1 aromatic carbocycles. The predicted molar refractivity (Wildman–Crippen MR) is 79.2 cm³/mol. The van der Waals surface area contributed by atoms with Gasteiger partial charge in [0.05, 0.1) is 10.6 Å². The summed E-state index contributed by atoms with van der Waals surface area (Å²) in [6, 6.07) is 8.10. The molecule has 114 valence electrons. The molecule has 2 rings (SSSR count). The Bertz CT molecular complexity index is 691. The molecule has 1 atom stereocenters. The SMILES string of the molecule is C[C@H](OC(=O)c1cccc(F)c1)C(=O)Nc1ccc(Cl)cn1. The zero-order chi connectivity index (χ0) is 16.1. The monoisotopic (exact) mass is 322 g/mol. The number of nitrogens with one attached hydrogen (secondary N) is 1. The lowest BCUT2D eigenvalue weighted by atomic mass is 10.2. The summed E-state index contributed by atoms with van der Waals surface area (Å²) in [5.41, 5.74) is 0.0317. The number of aromatic nitrogens is 1. The smallest absolute Gasteiger partial charge is 0.339 e. The van der Waals surface area contributed by atoms with Crippen LogP contribution in [0.5, 0.6) is 0 Å². The number of esters is 1. The highest BCUT2D eigenvalue weighted by atomic mass is 35.5. The van der Waals surface area contributed by atoms with Crippen LogP contribution < -0.4 is 5.32 Å².